The van der Waals surface area contributed by atoms with Gasteiger partial charge < -0.3 is 14.4 Å². The fraction of sp³-hybridized carbons (Fsp3) is 0.444. The highest BCUT2D eigenvalue weighted by Crippen LogP contribution is 2.24. The minimum Gasteiger partial charge on any atom is -0.338 e. The second-order valence-electron chi connectivity index (χ2n) is 6.74. The summed E-state index contributed by atoms with van der Waals surface area (Å²) in [4.78, 5) is 28.8. The number of fused-ring (bicyclic) bond motifs is 1. The van der Waals surface area contributed by atoms with Crippen molar-refractivity contribution in [3.05, 3.63) is 47.5 Å². The van der Waals surface area contributed by atoms with Crippen LogP contribution in [-0.4, -0.2) is 49.5 Å². The summed E-state index contributed by atoms with van der Waals surface area (Å²) < 4.78 is 2.05. The van der Waals surface area contributed by atoms with E-state index in [1.54, 1.807) is 4.90 Å². The molecule has 0 unspecified atom stereocenters. The average Bonchev–Trinajstić information content (AvgIpc) is 3.18. The predicted octanol–water partition coefficient (Wildman–Crippen LogP) is 0.977. The molecule has 0 bridgehead atoms. The monoisotopic (exact) mass is 339 g/mol. The minimum absolute atomic E-state index is 0.0517. The zero-order valence-corrected chi connectivity index (χ0v) is 14.3. The fourth-order valence-corrected chi connectivity index (χ4v) is 3.64. The van der Waals surface area contributed by atoms with Crippen LogP contribution in [0.1, 0.15) is 23.6 Å². The molecule has 0 spiro atoms. The van der Waals surface area contributed by atoms with Crippen LogP contribution >= 0.6 is 0 Å². The van der Waals surface area contributed by atoms with E-state index < -0.39 is 0 Å². The summed E-state index contributed by atoms with van der Waals surface area (Å²) in [7, 11) is 0. The molecule has 130 valence electrons. The highest BCUT2D eigenvalue weighted by Gasteiger charge is 2.37. The van der Waals surface area contributed by atoms with Crippen LogP contribution < -0.4 is 0 Å². The lowest BCUT2D eigenvalue weighted by atomic mass is 10.1. The van der Waals surface area contributed by atoms with Gasteiger partial charge in [0.15, 0.2) is 5.82 Å². The van der Waals surface area contributed by atoms with Gasteiger partial charge in [-0.3, -0.25) is 9.59 Å². The van der Waals surface area contributed by atoms with E-state index in [1.165, 1.54) is 0 Å². The second kappa shape index (κ2) is 6.31. The number of likely N-dealkylation sites (tertiary alicyclic amines) is 1. The van der Waals surface area contributed by atoms with Crippen molar-refractivity contribution in [1.82, 2.24) is 24.6 Å². The first-order valence-corrected chi connectivity index (χ1v) is 8.61. The van der Waals surface area contributed by atoms with Gasteiger partial charge in [-0.05, 0) is 12.5 Å². The maximum atomic E-state index is 12.9. The Morgan fingerprint density at radius 3 is 2.80 bits per heavy atom. The Labute approximate surface area is 146 Å². The third-order valence-electron chi connectivity index (χ3n) is 5.03. The Balaban J connectivity index is 1.41. The topological polar surface area (TPSA) is 71.3 Å². The van der Waals surface area contributed by atoms with E-state index in [2.05, 4.69) is 10.2 Å². The number of aromatic nitrogens is 3. The van der Waals surface area contributed by atoms with Crippen molar-refractivity contribution >= 4 is 11.8 Å². The molecule has 2 aliphatic heterocycles. The average molecular weight is 339 g/mol. The summed E-state index contributed by atoms with van der Waals surface area (Å²) in [6, 6.07) is 9.89. The molecular weight excluding hydrogens is 318 g/mol. The van der Waals surface area contributed by atoms with Gasteiger partial charge in [-0.1, -0.05) is 30.3 Å². The summed E-state index contributed by atoms with van der Waals surface area (Å²) in [6.07, 6.45) is 0.299. The molecule has 3 heterocycles. The lowest BCUT2D eigenvalue weighted by Crippen LogP contribution is -2.42. The van der Waals surface area contributed by atoms with Crippen LogP contribution in [-0.2, 0) is 29.2 Å². The number of nitrogens with zero attached hydrogens (tertiary/aromatic N) is 5. The van der Waals surface area contributed by atoms with Gasteiger partial charge in [0.1, 0.15) is 5.82 Å². The normalized spacial score (nSPS) is 20.0. The van der Waals surface area contributed by atoms with Crippen molar-refractivity contribution in [2.75, 3.05) is 13.1 Å². The van der Waals surface area contributed by atoms with E-state index in [9.17, 15) is 9.59 Å². The number of amides is 2. The van der Waals surface area contributed by atoms with Crippen molar-refractivity contribution < 1.29 is 9.59 Å². The molecule has 1 saturated heterocycles. The van der Waals surface area contributed by atoms with Gasteiger partial charge in [-0.2, -0.15) is 0 Å². The number of rotatable bonds is 3. The van der Waals surface area contributed by atoms with Crippen LogP contribution in [0.25, 0.3) is 0 Å². The summed E-state index contributed by atoms with van der Waals surface area (Å²) in [6.45, 7) is 4.82. The zero-order chi connectivity index (χ0) is 17.4. The summed E-state index contributed by atoms with van der Waals surface area (Å²) in [5.74, 6) is 1.55. The fourth-order valence-electron chi connectivity index (χ4n) is 3.64. The lowest BCUT2D eigenvalue weighted by molar-refractivity contribution is -0.137. The Hall–Kier alpha value is -2.70. The molecule has 0 saturated carbocycles. The summed E-state index contributed by atoms with van der Waals surface area (Å²) in [5, 5.41) is 8.22. The molecule has 7 heteroatoms. The van der Waals surface area contributed by atoms with E-state index in [1.807, 2.05) is 46.7 Å². The highest BCUT2D eigenvalue weighted by molar-refractivity contribution is 5.89. The van der Waals surface area contributed by atoms with Crippen LogP contribution in [0.4, 0.5) is 0 Å². The molecule has 1 fully saturated rings. The van der Waals surface area contributed by atoms with Crippen molar-refractivity contribution in [3.8, 4) is 0 Å². The van der Waals surface area contributed by atoms with Crippen molar-refractivity contribution in [3.63, 3.8) is 0 Å². The van der Waals surface area contributed by atoms with Gasteiger partial charge in [0.25, 0.3) is 0 Å². The molecule has 0 radical (unpaired) electrons. The molecule has 2 amide bonds. The number of carbonyl (C=O) groups excluding carboxylic acids is 2. The molecule has 2 aliphatic rings. The maximum absolute atomic E-state index is 12.9. The molecule has 1 aromatic carbocycles. The van der Waals surface area contributed by atoms with E-state index in [-0.39, 0.29) is 17.7 Å². The van der Waals surface area contributed by atoms with Crippen molar-refractivity contribution in [2.45, 2.75) is 33.0 Å². The SMILES string of the molecule is Cc1nnc2n1CCN(C(=O)[C@@H]1CC(=O)N(Cc3ccccc3)C1)C2. The third-order valence-corrected chi connectivity index (χ3v) is 5.03. The van der Waals surface area contributed by atoms with E-state index in [4.69, 9.17) is 0 Å². The Morgan fingerprint density at radius 2 is 2.00 bits per heavy atom. The van der Waals surface area contributed by atoms with Crippen LogP contribution in [0.15, 0.2) is 30.3 Å². The van der Waals surface area contributed by atoms with E-state index >= 15 is 0 Å². The quantitative estimate of drug-likeness (QED) is 0.836. The molecule has 7 nitrogen and oxygen atoms in total. The lowest BCUT2D eigenvalue weighted by Gasteiger charge is -2.29. The zero-order valence-electron chi connectivity index (χ0n) is 14.3. The first-order valence-electron chi connectivity index (χ1n) is 8.61. The standard InChI is InChI=1S/C18H21N5O2/c1-13-19-20-16-12-21(7-8-23(13)16)18(25)15-9-17(24)22(11-15)10-14-5-3-2-4-6-14/h2-6,15H,7-12H2,1H3/t15-/m1/s1. The molecule has 25 heavy (non-hydrogen) atoms. The Kier molecular flexibility index (Phi) is 3.99. The Morgan fingerprint density at radius 1 is 1.20 bits per heavy atom. The number of hydrogen-bond donors (Lipinski definition) is 0. The molecule has 1 atom stereocenters. The predicted molar refractivity (Wildman–Crippen MR) is 90.1 cm³/mol. The highest BCUT2D eigenvalue weighted by atomic mass is 16.2. The minimum atomic E-state index is -0.258. The number of hydrogen-bond acceptors (Lipinski definition) is 4. The van der Waals surface area contributed by atoms with Crippen LogP contribution in [0.3, 0.4) is 0 Å². The first-order chi connectivity index (χ1) is 12.1. The smallest absolute Gasteiger partial charge is 0.228 e. The molecular formula is C18H21N5O2. The van der Waals surface area contributed by atoms with Crippen molar-refractivity contribution in [2.24, 2.45) is 5.92 Å². The summed E-state index contributed by atoms with van der Waals surface area (Å²) >= 11 is 0. The first kappa shape index (κ1) is 15.8. The van der Waals surface area contributed by atoms with Gasteiger partial charge in [-0.15, -0.1) is 10.2 Å². The number of carbonyl (C=O) groups is 2. The van der Waals surface area contributed by atoms with Gasteiger partial charge in [-0.25, -0.2) is 0 Å². The Bertz CT molecular complexity index is 801. The molecule has 2 aromatic rings. The van der Waals surface area contributed by atoms with Crippen LogP contribution in [0, 0.1) is 12.8 Å². The van der Waals surface area contributed by atoms with E-state index in [0.717, 1.165) is 17.2 Å². The molecule has 4 rings (SSSR count). The number of benzene rings is 1. The van der Waals surface area contributed by atoms with Crippen LogP contribution in [0.2, 0.25) is 0 Å². The van der Waals surface area contributed by atoms with Gasteiger partial charge in [0.2, 0.25) is 11.8 Å². The number of aryl methyl sites for hydroxylation is 1. The third kappa shape index (κ3) is 3.01. The molecule has 1 aromatic heterocycles. The largest absolute Gasteiger partial charge is 0.338 e. The maximum Gasteiger partial charge on any atom is 0.228 e. The van der Waals surface area contributed by atoms with Gasteiger partial charge in [0, 0.05) is 32.6 Å². The van der Waals surface area contributed by atoms with Gasteiger partial charge >= 0.3 is 0 Å². The molecule has 0 N–H and O–H groups in total. The second-order valence-corrected chi connectivity index (χ2v) is 6.74. The van der Waals surface area contributed by atoms with Crippen LogP contribution in [0.5, 0.6) is 0 Å². The summed E-state index contributed by atoms with van der Waals surface area (Å²) in [5.41, 5.74) is 1.09. The van der Waals surface area contributed by atoms with Crippen molar-refractivity contribution in [1.29, 1.82) is 0 Å². The van der Waals surface area contributed by atoms with Gasteiger partial charge in [0.05, 0.1) is 12.5 Å². The van der Waals surface area contributed by atoms with E-state index in [0.29, 0.717) is 39.1 Å². The molecule has 0 aliphatic carbocycles.